The van der Waals surface area contributed by atoms with Crippen molar-refractivity contribution < 1.29 is 8.42 Å². The quantitative estimate of drug-likeness (QED) is 0.770. The Morgan fingerprint density at radius 2 is 2.17 bits per heavy atom. The van der Waals surface area contributed by atoms with Crippen LogP contribution in [0.5, 0.6) is 0 Å². The van der Waals surface area contributed by atoms with Crippen LogP contribution in [0.2, 0.25) is 0 Å². The van der Waals surface area contributed by atoms with E-state index in [4.69, 9.17) is 0 Å². The van der Waals surface area contributed by atoms with Crippen LogP contribution in [0.1, 0.15) is 19.2 Å². The van der Waals surface area contributed by atoms with E-state index >= 15 is 0 Å². The average molecular weight is 336 g/mol. The maximum Gasteiger partial charge on any atom is 0.262 e. The number of piperidine rings is 1. The maximum absolute atomic E-state index is 12.4. The molecule has 0 N–H and O–H groups in total. The number of nitrogens with zero attached hydrogens (tertiary/aromatic N) is 3. The first-order valence-electron chi connectivity index (χ1n) is 5.96. The summed E-state index contributed by atoms with van der Waals surface area (Å²) in [6, 6.07) is 0. The molecule has 2 unspecified atom stereocenters. The molecule has 1 fully saturated rings. The minimum Gasteiger partial charge on any atom is -0.337 e. The third kappa shape index (κ3) is 2.48. The first-order chi connectivity index (χ1) is 8.32. The monoisotopic (exact) mass is 335 g/mol. The first kappa shape index (κ1) is 14.0. The first-order valence-corrected chi connectivity index (χ1v) is 8.32. The van der Waals surface area contributed by atoms with Crippen molar-refractivity contribution >= 4 is 26.0 Å². The summed E-state index contributed by atoms with van der Waals surface area (Å²) in [5.74, 6) is 1.20. The standard InChI is InChI=1S/C11H18BrN3O2S/c1-8-4-5-15(6-10(8)12)18(16,17)11-7-14(3)9(2)13-11/h7-8,10H,4-6H2,1-3H3. The van der Waals surface area contributed by atoms with E-state index in [2.05, 4.69) is 27.8 Å². The second-order valence-corrected chi connectivity index (χ2v) is 7.94. The molecule has 7 heteroatoms. The van der Waals surface area contributed by atoms with Gasteiger partial charge in [-0.25, -0.2) is 13.4 Å². The molecule has 1 saturated heterocycles. The van der Waals surface area contributed by atoms with Crippen LogP contribution < -0.4 is 0 Å². The van der Waals surface area contributed by atoms with Crippen LogP contribution in [0.4, 0.5) is 0 Å². The van der Waals surface area contributed by atoms with Crippen LogP contribution in [0.15, 0.2) is 11.2 Å². The Morgan fingerprint density at radius 3 is 2.67 bits per heavy atom. The van der Waals surface area contributed by atoms with Gasteiger partial charge in [0.1, 0.15) is 5.82 Å². The molecule has 1 aliphatic rings. The number of halogens is 1. The molecule has 2 atom stereocenters. The van der Waals surface area contributed by atoms with Crippen LogP contribution in [-0.2, 0) is 17.1 Å². The van der Waals surface area contributed by atoms with Crippen molar-refractivity contribution in [3.05, 3.63) is 12.0 Å². The number of imidazole rings is 1. The molecule has 0 amide bonds. The second-order valence-electron chi connectivity index (χ2n) is 4.88. The lowest BCUT2D eigenvalue weighted by molar-refractivity contribution is 0.299. The normalized spacial score (nSPS) is 26.4. The largest absolute Gasteiger partial charge is 0.337 e. The molecule has 0 spiro atoms. The van der Waals surface area contributed by atoms with Gasteiger partial charge < -0.3 is 4.57 Å². The Balaban J connectivity index is 2.26. The Morgan fingerprint density at radius 1 is 1.50 bits per heavy atom. The van der Waals surface area contributed by atoms with Crippen LogP contribution >= 0.6 is 15.9 Å². The molecule has 18 heavy (non-hydrogen) atoms. The number of aromatic nitrogens is 2. The van der Waals surface area contributed by atoms with Crippen molar-refractivity contribution in [3.63, 3.8) is 0 Å². The van der Waals surface area contributed by atoms with Gasteiger partial charge in [-0.3, -0.25) is 0 Å². The molecule has 2 rings (SSSR count). The number of sulfonamides is 1. The molecule has 1 aromatic heterocycles. The lowest BCUT2D eigenvalue weighted by atomic mass is 10.0. The van der Waals surface area contributed by atoms with E-state index in [0.29, 0.717) is 24.8 Å². The fraction of sp³-hybridized carbons (Fsp3) is 0.727. The molecule has 5 nitrogen and oxygen atoms in total. The van der Waals surface area contributed by atoms with Gasteiger partial charge in [-0.1, -0.05) is 22.9 Å². The average Bonchev–Trinajstić information content (AvgIpc) is 2.64. The summed E-state index contributed by atoms with van der Waals surface area (Å²) in [5.41, 5.74) is 0. The third-order valence-electron chi connectivity index (χ3n) is 3.52. The SMILES string of the molecule is Cc1nc(S(=O)(=O)N2CCC(C)C(Br)C2)cn1C. The van der Waals surface area contributed by atoms with Crippen LogP contribution in [0, 0.1) is 12.8 Å². The molecule has 2 heterocycles. The highest BCUT2D eigenvalue weighted by atomic mass is 79.9. The van der Waals surface area contributed by atoms with Gasteiger partial charge in [0, 0.05) is 31.2 Å². The molecule has 1 aliphatic heterocycles. The van der Waals surface area contributed by atoms with E-state index < -0.39 is 10.0 Å². The zero-order valence-electron chi connectivity index (χ0n) is 10.8. The highest BCUT2D eigenvalue weighted by Crippen LogP contribution is 2.27. The number of rotatable bonds is 2. The lowest BCUT2D eigenvalue weighted by Crippen LogP contribution is -2.43. The van der Waals surface area contributed by atoms with Gasteiger partial charge in [-0.05, 0) is 19.3 Å². The van der Waals surface area contributed by atoms with Crippen molar-refractivity contribution in [1.82, 2.24) is 13.9 Å². The zero-order valence-corrected chi connectivity index (χ0v) is 13.2. The zero-order chi connectivity index (χ0) is 13.5. The van der Waals surface area contributed by atoms with E-state index in [1.165, 1.54) is 4.31 Å². The molecule has 0 aromatic carbocycles. The van der Waals surface area contributed by atoms with E-state index in [-0.39, 0.29) is 9.85 Å². The number of alkyl halides is 1. The molecule has 0 aliphatic carbocycles. The molecule has 0 radical (unpaired) electrons. The Kier molecular flexibility index (Phi) is 3.85. The van der Waals surface area contributed by atoms with E-state index in [9.17, 15) is 8.42 Å². The second kappa shape index (κ2) is 4.94. The molecular formula is C11H18BrN3O2S. The summed E-state index contributed by atoms with van der Waals surface area (Å²) in [6.07, 6.45) is 2.45. The molecule has 0 saturated carbocycles. The van der Waals surface area contributed by atoms with Crippen LogP contribution in [0.3, 0.4) is 0 Å². The Labute approximate surface area is 116 Å². The van der Waals surface area contributed by atoms with Gasteiger partial charge in [0.2, 0.25) is 0 Å². The number of aryl methyl sites for hydroxylation is 2. The van der Waals surface area contributed by atoms with Crippen molar-refractivity contribution in [2.75, 3.05) is 13.1 Å². The highest BCUT2D eigenvalue weighted by Gasteiger charge is 2.33. The summed E-state index contributed by atoms with van der Waals surface area (Å²) in [6.45, 7) is 5.01. The minimum absolute atomic E-state index is 0.150. The summed E-state index contributed by atoms with van der Waals surface area (Å²) >= 11 is 3.55. The summed E-state index contributed by atoms with van der Waals surface area (Å²) < 4.78 is 28.1. The van der Waals surface area contributed by atoms with E-state index in [1.54, 1.807) is 24.7 Å². The van der Waals surface area contributed by atoms with E-state index in [0.717, 1.165) is 6.42 Å². The third-order valence-corrected chi connectivity index (χ3v) is 6.45. The van der Waals surface area contributed by atoms with Gasteiger partial charge in [0.25, 0.3) is 10.0 Å². The van der Waals surface area contributed by atoms with Gasteiger partial charge in [-0.2, -0.15) is 4.31 Å². The topological polar surface area (TPSA) is 55.2 Å². The number of hydrogen-bond donors (Lipinski definition) is 0. The summed E-state index contributed by atoms with van der Waals surface area (Å²) in [4.78, 5) is 4.33. The Hall–Kier alpha value is -0.400. The van der Waals surface area contributed by atoms with Gasteiger partial charge in [0.15, 0.2) is 5.03 Å². The molecule has 1 aromatic rings. The molecule has 0 bridgehead atoms. The highest BCUT2D eigenvalue weighted by molar-refractivity contribution is 9.09. The molecule has 102 valence electrons. The van der Waals surface area contributed by atoms with Gasteiger partial charge in [0.05, 0.1) is 0 Å². The minimum atomic E-state index is -3.45. The van der Waals surface area contributed by atoms with Crippen LogP contribution in [0.25, 0.3) is 0 Å². The summed E-state index contributed by atoms with van der Waals surface area (Å²) in [5, 5.41) is 0.150. The smallest absolute Gasteiger partial charge is 0.262 e. The lowest BCUT2D eigenvalue weighted by Gasteiger charge is -2.32. The van der Waals surface area contributed by atoms with E-state index in [1.807, 2.05) is 0 Å². The fourth-order valence-corrected chi connectivity index (χ4v) is 4.31. The number of hydrogen-bond acceptors (Lipinski definition) is 3. The molecular weight excluding hydrogens is 318 g/mol. The predicted octanol–water partition coefficient (Wildman–Crippen LogP) is 1.52. The fourth-order valence-electron chi connectivity index (χ4n) is 2.00. The van der Waals surface area contributed by atoms with Gasteiger partial charge >= 0.3 is 0 Å². The maximum atomic E-state index is 12.4. The predicted molar refractivity (Wildman–Crippen MR) is 73.2 cm³/mol. The van der Waals surface area contributed by atoms with Crippen LogP contribution in [-0.4, -0.2) is 40.2 Å². The van der Waals surface area contributed by atoms with Crippen molar-refractivity contribution in [2.24, 2.45) is 13.0 Å². The van der Waals surface area contributed by atoms with Crippen molar-refractivity contribution in [1.29, 1.82) is 0 Å². The van der Waals surface area contributed by atoms with Crippen molar-refractivity contribution in [3.8, 4) is 0 Å². The summed E-state index contributed by atoms with van der Waals surface area (Å²) in [7, 11) is -1.65. The Bertz CT molecular complexity index is 521. The van der Waals surface area contributed by atoms with Gasteiger partial charge in [-0.15, -0.1) is 0 Å². The van der Waals surface area contributed by atoms with Crippen molar-refractivity contribution in [2.45, 2.75) is 30.1 Å².